The molecule has 0 aromatic carbocycles. The fraction of sp³-hybridized carbons (Fsp3) is 0.750. The summed E-state index contributed by atoms with van der Waals surface area (Å²) < 4.78 is 49.6. The highest BCUT2D eigenvalue weighted by Crippen LogP contribution is 2.35. The Hall–Kier alpha value is -2.95. The summed E-state index contributed by atoms with van der Waals surface area (Å²) >= 11 is 4.40. The van der Waals surface area contributed by atoms with Crippen molar-refractivity contribution >= 4 is 48.4 Å². The van der Waals surface area contributed by atoms with Gasteiger partial charge in [0.2, 0.25) is 0 Å². The number of hydrogen-bond acceptors (Lipinski definition) is 16. The van der Waals surface area contributed by atoms with Crippen molar-refractivity contribution in [3.63, 3.8) is 0 Å². The van der Waals surface area contributed by atoms with Gasteiger partial charge in [-0.3, -0.25) is 28.8 Å². The van der Waals surface area contributed by atoms with Crippen molar-refractivity contribution < 1.29 is 71.4 Å². The summed E-state index contributed by atoms with van der Waals surface area (Å²) in [4.78, 5) is 71.1. The van der Waals surface area contributed by atoms with Crippen LogP contribution in [0.5, 0.6) is 0 Å². The minimum absolute atomic E-state index is 0.375. The van der Waals surface area contributed by atoms with E-state index in [1.165, 1.54) is 6.92 Å². The Bertz CT molecular complexity index is 970. The molecule has 16 heteroatoms. The molecular formula is C24H34O15S. The normalized spacial score (nSPS) is 33.6. The van der Waals surface area contributed by atoms with Gasteiger partial charge in [0.25, 0.3) is 0 Å². The van der Waals surface area contributed by atoms with Gasteiger partial charge in [-0.05, 0) is 6.92 Å². The SMILES string of the molecule is CC(=O)OCC1O[C@@H](S)C(O[C@@H]2OC(C)[C@@H](OC(C)=O)C(OC(C)=O)C2OC(C)=O)C(OC(C)=O)[C@H]1OC(C)=O. The second-order valence-electron chi connectivity index (χ2n) is 9.05. The van der Waals surface area contributed by atoms with Crippen molar-refractivity contribution in [2.45, 2.75) is 109 Å². The summed E-state index contributed by atoms with van der Waals surface area (Å²) in [5.41, 5.74) is -1.20. The molecule has 6 unspecified atom stereocenters. The van der Waals surface area contributed by atoms with E-state index in [1.807, 2.05) is 0 Å². The quantitative estimate of drug-likeness (QED) is 0.213. The molecule has 0 radical (unpaired) electrons. The molecule has 0 amide bonds. The van der Waals surface area contributed by atoms with Gasteiger partial charge in [-0.2, -0.15) is 0 Å². The van der Waals surface area contributed by atoms with E-state index < -0.39 is 96.4 Å². The molecule has 2 heterocycles. The highest BCUT2D eigenvalue weighted by atomic mass is 32.1. The first kappa shape index (κ1) is 33.3. The van der Waals surface area contributed by atoms with Crippen LogP contribution in [0.3, 0.4) is 0 Å². The number of carbonyl (C=O) groups excluding carboxylic acids is 6. The van der Waals surface area contributed by atoms with Gasteiger partial charge >= 0.3 is 35.8 Å². The summed E-state index contributed by atoms with van der Waals surface area (Å²) in [6.45, 7) is 7.83. The average Bonchev–Trinajstić information content (AvgIpc) is 2.80. The summed E-state index contributed by atoms with van der Waals surface area (Å²) in [5, 5.41) is 0. The van der Waals surface area contributed by atoms with Crippen molar-refractivity contribution in [1.82, 2.24) is 0 Å². The van der Waals surface area contributed by atoms with Gasteiger partial charge in [-0.15, -0.1) is 12.6 Å². The Labute approximate surface area is 235 Å². The zero-order valence-electron chi connectivity index (χ0n) is 23.1. The van der Waals surface area contributed by atoms with Gasteiger partial charge in [-0.1, -0.05) is 0 Å². The number of esters is 6. The topological polar surface area (TPSA) is 185 Å². The number of hydrogen-bond donors (Lipinski definition) is 1. The van der Waals surface area contributed by atoms with Crippen LogP contribution in [0.4, 0.5) is 0 Å². The molecule has 0 aromatic heterocycles. The van der Waals surface area contributed by atoms with Crippen LogP contribution in [0.2, 0.25) is 0 Å². The van der Waals surface area contributed by atoms with Crippen molar-refractivity contribution in [1.29, 1.82) is 0 Å². The second-order valence-corrected chi connectivity index (χ2v) is 9.56. The molecule has 0 spiro atoms. The Morgan fingerprint density at radius 2 is 1.00 bits per heavy atom. The largest absolute Gasteiger partial charge is 0.463 e. The Kier molecular flexibility index (Phi) is 12.2. The van der Waals surface area contributed by atoms with Crippen molar-refractivity contribution in [2.24, 2.45) is 0 Å². The van der Waals surface area contributed by atoms with Gasteiger partial charge in [0.05, 0.1) is 6.10 Å². The average molecular weight is 595 g/mol. The van der Waals surface area contributed by atoms with E-state index >= 15 is 0 Å². The van der Waals surface area contributed by atoms with Gasteiger partial charge in [0.1, 0.15) is 24.3 Å². The monoisotopic (exact) mass is 594 g/mol. The van der Waals surface area contributed by atoms with Crippen molar-refractivity contribution in [3.05, 3.63) is 0 Å². The number of carbonyl (C=O) groups is 6. The minimum atomic E-state index is -1.51. The van der Waals surface area contributed by atoms with Gasteiger partial charge in [0, 0.05) is 41.5 Å². The lowest BCUT2D eigenvalue weighted by Crippen LogP contribution is -2.65. The maximum atomic E-state index is 12.1. The molecule has 15 nitrogen and oxygen atoms in total. The second kappa shape index (κ2) is 14.6. The van der Waals surface area contributed by atoms with Crippen LogP contribution in [0.15, 0.2) is 0 Å². The highest BCUT2D eigenvalue weighted by Gasteiger charge is 2.55. The standard InChI is InChI=1S/C24H34O15S/c1-9-17(33-11(3)26)19(35-13(5)28)21(37-15(7)30)23(32-9)39-22-20(36-14(6)29)18(34-12(4)27)16(38-24(22)40)8-31-10(2)25/h9,16-24,40H,8H2,1-7H3/t9?,16?,17-,18+,19?,20?,21?,22?,23+,24+/m1/s1. The molecule has 10 atom stereocenters. The molecule has 0 aromatic rings. The highest BCUT2D eigenvalue weighted by molar-refractivity contribution is 7.80. The fourth-order valence-corrected chi connectivity index (χ4v) is 4.66. The molecule has 2 aliphatic heterocycles. The molecule has 0 saturated carbocycles. The van der Waals surface area contributed by atoms with Gasteiger partial charge in [0.15, 0.2) is 36.8 Å². The molecule has 0 aliphatic carbocycles. The van der Waals surface area contributed by atoms with Crippen molar-refractivity contribution in [3.8, 4) is 0 Å². The van der Waals surface area contributed by atoms with Crippen molar-refractivity contribution in [2.75, 3.05) is 6.61 Å². The summed E-state index contributed by atoms with van der Waals surface area (Å²) in [6.07, 6.45) is -11.7. The Morgan fingerprint density at radius 3 is 1.48 bits per heavy atom. The van der Waals surface area contributed by atoms with Crippen LogP contribution >= 0.6 is 12.6 Å². The predicted octanol–water partition coefficient (Wildman–Crippen LogP) is -0.00730. The predicted molar refractivity (Wildman–Crippen MR) is 131 cm³/mol. The van der Waals surface area contributed by atoms with Crippen LogP contribution in [0.25, 0.3) is 0 Å². The summed E-state index contributed by atoms with van der Waals surface area (Å²) in [5.74, 6) is -4.50. The van der Waals surface area contributed by atoms with E-state index in [0.29, 0.717) is 0 Å². The third kappa shape index (κ3) is 9.31. The summed E-state index contributed by atoms with van der Waals surface area (Å²) in [7, 11) is 0. The molecule has 0 N–H and O–H groups in total. The molecule has 0 bridgehead atoms. The smallest absolute Gasteiger partial charge is 0.303 e. The van der Waals surface area contributed by atoms with Crippen LogP contribution < -0.4 is 0 Å². The van der Waals surface area contributed by atoms with E-state index in [-0.39, 0.29) is 6.61 Å². The molecular weight excluding hydrogens is 560 g/mol. The Morgan fingerprint density at radius 1 is 0.575 bits per heavy atom. The zero-order chi connectivity index (χ0) is 30.3. The number of ether oxygens (including phenoxy) is 9. The first-order chi connectivity index (χ1) is 18.6. The molecule has 2 saturated heterocycles. The van der Waals surface area contributed by atoms with E-state index in [1.54, 1.807) is 0 Å². The van der Waals surface area contributed by atoms with Crippen LogP contribution in [0.1, 0.15) is 48.5 Å². The Balaban J connectivity index is 2.49. The molecule has 226 valence electrons. The number of thiol groups is 1. The fourth-order valence-electron chi connectivity index (χ4n) is 4.27. The maximum absolute atomic E-state index is 12.1. The molecule has 40 heavy (non-hydrogen) atoms. The van der Waals surface area contributed by atoms with Gasteiger partial charge in [-0.25, -0.2) is 0 Å². The molecule has 2 aliphatic rings. The van der Waals surface area contributed by atoms with E-state index in [9.17, 15) is 28.8 Å². The summed E-state index contributed by atoms with van der Waals surface area (Å²) in [6, 6.07) is 0. The number of rotatable bonds is 9. The zero-order valence-corrected chi connectivity index (χ0v) is 23.9. The lowest BCUT2D eigenvalue weighted by molar-refractivity contribution is -0.333. The van der Waals surface area contributed by atoms with Crippen LogP contribution in [0, 0.1) is 0 Å². The maximum Gasteiger partial charge on any atom is 0.303 e. The molecule has 2 rings (SSSR count). The van der Waals surface area contributed by atoms with Gasteiger partial charge < -0.3 is 42.6 Å². The van der Waals surface area contributed by atoms with Crippen LogP contribution in [-0.2, 0) is 71.4 Å². The third-order valence-corrected chi connectivity index (χ3v) is 6.00. The lowest BCUT2D eigenvalue weighted by atomic mass is 9.97. The third-order valence-electron chi connectivity index (χ3n) is 5.59. The minimum Gasteiger partial charge on any atom is -0.463 e. The van der Waals surface area contributed by atoms with E-state index in [0.717, 1.165) is 41.5 Å². The van der Waals surface area contributed by atoms with E-state index in [2.05, 4.69) is 12.6 Å². The first-order valence-electron chi connectivity index (χ1n) is 12.2. The van der Waals surface area contributed by atoms with E-state index in [4.69, 9.17) is 42.6 Å². The van der Waals surface area contributed by atoms with Crippen LogP contribution in [-0.4, -0.2) is 103 Å². The lowest BCUT2D eigenvalue weighted by Gasteiger charge is -2.47. The first-order valence-corrected chi connectivity index (χ1v) is 12.8. The molecule has 2 fully saturated rings.